The normalized spacial score (nSPS) is 10.3. The molecule has 1 aromatic heterocycles. The minimum Gasteiger partial charge on any atom is -0.341 e. The number of aromatic nitrogens is 1. The second kappa shape index (κ2) is 5.82. The lowest BCUT2D eigenvalue weighted by Crippen LogP contribution is -2.28. The van der Waals surface area contributed by atoms with E-state index in [0.717, 1.165) is 16.4 Å². The number of rotatable bonds is 5. The number of amides is 1. The predicted molar refractivity (Wildman–Crippen MR) is 61.9 cm³/mol. The molecule has 0 unspecified atom stereocenters. The minimum absolute atomic E-state index is 0.162. The van der Waals surface area contributed by atoms with Crippen molar-refractivity contribution in [2.45, 2.75) is 19.9 Å². The summed E-state index contributed by atoms with van der Waals surface area (Å²) in [6.07, 6.45) is 2.38. The van der Waals surface area contributed by atoms with Gasteiger partial charge < -0.3 is 10.2 Å². The van der Waals surface area contributed by atoms with E-state index in [1.807, 2.05) is 27.2 Å². The zero-order chi connectivity index (χ0) is 11.3. The van der Waals surface area contributed by atoms with Crippen molar-refractivity contribution in [3.8, 4) is 0 Å². The topological polar surface area (TPSA) is 45.2 Å². The van der Waals surface area contributed by atoms with Gasteiger partial charge in [0, 0.05) is 31.1 Å². The van der Waals surface area contributed by atoms with Gasteiger partial charge in [-0.15, -0.1) is 11.3 Å². The molecule has 1 aromatic rings. The summed E-state index contributed by atoms with van der Waals surface area (Å²) in [6.45, 7) is 3.36. The van der Waals surface area contributed by atoms with Crippen molar-refractivity contribution in [1.82, 2.24) is 15.2 Å². The maximum Gasteiger partial charge on any atom is 0.223 e. The summed E-state index contributed by atoms with van der Waals surface area (Å²) in [5.41, 5.74) is 0. The molecule has 4 nitrogen and oxygen atoms in total. The first kappa shape index (κ1) is 12.1. The molecule has 15 heavy (non-hydrogen) atoms. The Morgan fingerprint density at radius 1 is 1.67 bits per heavy atom. The number of thiazole rings is 1. The van der Waals surface area contributed by atoms with Crippen molar-refractivity contribution in [3.63, 3.8) is 0 Å². The van der Waals surface area contributed by atoms with Crippen LogP contribution in [0, 0.1) is 6.92 Å². The van der Waals surface area contributed by atoms with E-state index in [4.69, 9.17) is 0 Å². The van der Waals surface area contributed by atoms with Gasteiger partial charge in [-0.25, -0.2) is 4.98 Å². The molecular weight excluding hydrogens is 210 g/mol. The van der Waals surface area contributed by atoms with Crippen molar-refractivity contribution in [1.29, 1.82) is 0 Å². The highest BCUT2D eigenvalue weighted by Crippen LogP contribution is 2.13. The molecule has 0 aliphatic rings. The number of carbonyl (C=O) groups excluding carboxylic acids is 1. The van der Waals surface area contributed by atoms with Gasteiger partial charge in [0.1, 0.15) is 0 Å². The molecule has 1 heterocycles. The van der Waals surface area contributed by atoms with Gasteiger partial charge in [-0.1, -0.05) is 0 Å². The van der Waals surface area contributed by atoms with Crippen molar-refractivity contribution < 1.29 is 4.79 Å². The van der Waals surface area contributed by atoms with E-state index in [0.29, 0.717) is 13.0 Å². The molecule has 0 aliphatic carbocycles. The molecule has 0 fully saturated rings. The lowest BCUT2D eigenvalue weighted by Gasteiger charge is -2.15. The van der Waals surface area contributed by atoms with Crippen LogP contribution in [-0.2, 0) is 11.3 Å². The second-order valence-corrected chi connectivity index (χ2v) is 4.77. The van der Waals surface area contributed by atoms with Crippen LogP contribution in [0.15, 0.2) is 6.20 Å². The quantitative estimate of drug-likeness (QED) is 0.817. The van der Waals surface area contributed by atoms with Crippen LogP contribution >= 0.6 is 11.3 Å². The van der Waals surface area contributed by atoms with Gasteiger partial charge >= 0.3 is 0 Å². The van der Waals surface area contributed by atoms with Gasteiger partial charge in [0.25, 0.3) is 0 Å². The molecule has 1 amide bonds. The fourth-order valence-electron chi connectivity index (χ4n) is 1.22. The molecule has 1 rings (SSSR count). The Balaban J connectivity index is 2.41. The summed E-state index contributed by atoms with van der Waals surface area (Å²) in [6, 6.07) is 0. The van der Waals surface area contributed by atoms with Crippen molar-refractivity contribution in [2.24, 2.45) is 0 Å². The second-order valence-electron chi connectivity index (χ2n) is 3.45. The van der Waals surface area contributed by atoms with Crippen LogP contribution in [-0.4, -0.2) is 36.4 Å². The Morgan fingerprint density at radius 2 is 2.40 bits per heavy atom. The Labute approximate surface area is 94.3 Å². The Kier molecular flexibility index (Phi) is 4.71. The monoisotopic (exact) mass is 227 g/mol. The standard InChI is InChI=1S/C10H17N3OS/c1-8-12-6-9(15-8)7-13(3)10(14)4-5-11-2/h6,11H,4-5,7H2,1-3H3. The third-order valence-corrected chi connectivity index (χ3v) is 2.97. The SMILES string of the molecule is CNCCC(=O)N(C)Cc1cnc(C)s1. The summed E-state index contributed by atoms with van der Waals surface area (Å²) in [5.74, 6) is 0.162. The summed E-state index contributed by atoms with van der Waals surface area (Å²) in [7, 11) is 3.67. The fraction of sp³-hybridized carbons (Fsp3) is 0.600. The van der Waals surface area contributed by atoms with Gasteiger partial charge in [-0.05, 0) is 14.0 Å². The summed E-state index contributed by atoms with van der Waals surface area (Å²) >= 11 is 1.64. The Morgan fingerprint density at radius 3 is 2.93 bits per heavy atom. The maximum absolute atomic E-state index is 11.6. The minimum atomic E-state index is 0.162. The van der Waals surface area contributed by atoms with Gasteiger partial charge in [0.15, 0.2) is 0 Å². The number of aryl methyl sites for hydroxylation is 1. The summed E-state index contributed by atoms with van der Waals surface area (Å²) in [5, 5.41) is 4.01. The van der Waals surface area contributed by atoms with E-state index >= 15 is 0 Å². The molecule has 5 heteroatoms. The van der Waals surface area contributed by atoms with Crippen LogP contribution in [0.1, 0.15) is 16.3 Å². The van der Waals surface area contributed by atoms with E-state index in [-0.39, 0.29) is 5.91 Å². The zero-order valence-corrected chi connectivity index (χ0v) is 10.2. The smallest absolute Gasteiger partial charge is 0.223 e. The van der Waals surface area contributed by atoms with Crippen LogP contribution in [0.2, 0.25) is 0 Å². The van der Waals surface area contributed by atoms with Crippen LogP contribution in [0.25, 0.3) is 0 Å². The van der Waals surface area contributed by atoms with Crippen LogP contribution in [0.3, 0.4) is 0 Å². The first-order valence-corrected chi connectivity index (χ1v) is 5.75. The van der Waals surface area contributed by atoms with Crippen molar-refractivity contribution >= 4 is 17.2 Å². The van der Waals surface area contributed by atoms with Crippen molar-refractivity contribution in [3.05, 3.63) is 16.1 Å². The first-order valence-electron chi connectivity index (χ1n) is 4.93. The zero-order valence-electron chi connectivity index (χ0n) is 9.41. The summed E-state index contributed by atoms with van der Waals surface area (Å²) in [4.78, 5) is 18.6. The van der Waals surface area contributed by atoms with E-state index < -0.39 is 0 Å². The highest BCUT2D eigenvalue weighted by atomic mass is 32.1. The Hall–Kier alpha value is -0.940. The van der Waals surface area contributed by atoms with Gasteiger partial charge in [-0.3, -0.25) is 4.79 Å². The lowest BCUT2D eigenvalue weighted by molar-refractivity contribution is -0.130. The molecule has 0 atom stereocenters. The van der Waals surface area contributed by atoms with Gasteiger partial charge in [0.2, 0.25) is 5.91 Å². The molecule has 0 bridgehead atoms. The van der Waals surface area contributed by atoms with Crippen LogP contribution < -0.4 is 5.32 Å². The highest BCUT2D eigenvalue weighted by molar-refractivity contribution is 7.11. The van der Waals surface area contributed by atoms with Crippen molar-refractivity contribution in [2.75, 3.05) is 20.6 Å². The Bertz CT molecular complexity index is 324. The molecule has 1 N–H and O–H groups in total. The predicted octanol–water partition coefficient (Wildman–Crippen LogP) is 1.02. The van der Waals surface area contributed by atoms with E-state index in [1.165, 1.54) is 0 Å². The largest absolute Gasteiger partial charge is 0.341 e. The highest BCUT2D eigenvalue weighted by Gasteiger charge is 2.09. The number of carbonyl (C=O) groups is 1. The number of nitrogens with one attached hydrogen (secondary N) is 1. The van der Waals surface area contributed by atoms with E-state index in [2.05, 4.69) is 10.3 Å². The summed E-state index contributed by atoms with van der Waals surface area (Å²) < 4.78 is 0. The average molecular weight is 227 g/mol. The number of hydrogen-bond acceptors (Lipinski definition) is 4. The molecule has 0 saturated heterocycles. The molecular formula is C10H17N3OS. The fourth-order valence-corrected chi connectivity index (χ4v) is 2.07. The number of nitrogens with zero attached hydrogens (tertiary/aromatic N) is 2. The van der Waals surface area contributed by atoms with Gasteiger partial charge in [0.05, 0.1) is 11.6 Å². The van der Waals surface area contributed by atoms with Crippen LogP contribution in [0.4, 0.5) is 0 Å². The average Bonchev–Trinajstić information content (AvgIpc) is 2.60. The molecule has 0 radical (unpaired) electrons. The molecule has 0 aromatic carbocycles. The van der Waals surface area contributed by atoms with Gasteiger partial charge in [-0.2, -0.15) is 0 Å². The number of hydrogen-bond donors (Lipinski definition) is 1. The van der Waals surface area contributed by atoms with Crippen LogP contribution in [0.5, 0.6) is 0 Å². The van der Waals surface area contributed by atoms with E-state index in [9.17, 15) is 4.79 Å². The first-order chi connectivity index (χ1) is 7.13. The molecule has 84 valence electrons. The molecule has 0 saturated carbocycles. The lowest BCUT2D eigenvalue weighted by atomic mass is 10.3. The molecule has 0 aliphatic heterocycles. The third-order valence-electron chi connectivity index (χ3n) is 2.08. The molecule has 0 spiro atoms. The van der Waals surface area contributed by atoms with E-state index in [1.54, 1.807) is 16.2 Å². The third kappa shape index (κ3) is 3.97. The maximum atomic E-state index is 11.6.